The van der Waals surface area contributed by atoms with E-state index in [2.05, 4.69) is 31.3 Å². The maximum atomic E-state index is 12.0. The number of halogens is 1. The van der Waals surface area contributed by atoms with E-state index in [-0.39, 0.29) is 5.91 Å². The minimum absolute atomic E-state index is 0.200. The molecule has 2 rings (SSSR count). The van der Waals surface area contributed by atoms with Gasteiger partial charge in [0.15, 0.2) is 0 Å². The molecule has 0 aliphatic rings. The summed E-state index contributed by atoms with van der Waals surface area (Å²) < 4.78 is 4.24. The van der Waals surface area contributed by atoms with Crippen LogP contribution in [-0.4, -0.2) is 25.2 Å². The molecule has 0 aromatic carbocycles. The van der Waals surface area contributed by atoms with Gasteiger partial charge < -0.3 is 4.57 Å². The summed E-state index contributed by atoms with van der Waals surface area (Å²) in [5, 5.41) is 6.59. The van der Waals surface area contributed by atoms with Crippen LogP contribution >= 0.6 is 15.9 Å². The van der Waals surface area contributed by atoms with Gasteiger partial charge in [-0.25, -0.2) is 4.68 Å². The lowest BCUT2D eigenvalue weighted by atomic mass is 10.4. The SMILES string of the molecule is CCn1cc(Br)cc1C(=O)Nc1ncnn1C. The highest BCUT2D eigenvalue weighted by Gasteiger charge is 2.14. The van der Waals surface area contributed by atoms with Crippen molar-refractivity contribution < 1.29 is 4.79 Å². The molecule has 2 aromatic heterocycles. The van der Waals surface area contributed by atoms with Gasteiger partial charge in [-0.2, -0.15) is 10.1 Å². The maximum absolute atomic E-state index is 12.0. The Hall–Kier alpha value is -1.63. The molecule has 0 spiro atoms. The number of hydrogen-bond acceptors (Lipinski definition) is 3. The summed E-state index contributed by atoms with van der Waals surface area (Å²) in [7, 11) is 1.72. The Morgan fingerprint density at radius 2 is 2.35 bits per heavy atom. The molecule has 7 heteroatoms. The predicted octanol–water partition coefficient (Wildman–Crippen LogP) is 1.65. The number of carbonyl (C=O) groups is 1. The second-order valence-corrected chi connectivity index (χ2v) is 4.41. The molecule has 0 fully saturated rings. The molecule has 1 N–H and O–H groups in total. The fourth-order valence-corrected chi connectivity index (χ4v) is 1.97. The van der Waals surface area contributed by atoms with E-state index in [4.69, 9.17) is 0 Å². The molecule has 1 amide bonds. The molecule has 6 nitrogen and oxygen atoms in total. The third kappa shape index (κ3) is 2.38. The molecule has 90 valence electrons. The zero-order valence-corrected chi connectivity index (χ0v) is 11.1. The predicted molar refractivity (Wildman–Crippen MR) is 66.8 cm³/mol. The highest BCUT2D eigenvalue weighted by Crippen LogP contribution is 2.16. The lowest BCUT2D eigenvalue weighted by Crippen LogP contribution is -2.18. The maximum Gasteiger partial charge on any atom is 0.274 e. The van der Waals surface area contributed by atoms with Crippen LogP contribution in [0.1, 0.15) is 17.4 Å². The van der Waals surface area contributed by atoms with Crippen molar-refractivity contribution in [2.24, 2.45) is 7.05 Å². The topological polar surface area (TPSA) is 64.7 Å². The van der Waals surface area contributed by atoms with Crippen molar-refractivity contribution in [2.75, 3.05) is 5.32 Å². The Labute approximate surface area is 107 Å². The van der Waals surface area contributed by atoms with Gasteiger partial charge in [0.05, 0.1) is 0 Å². The van der Waals surface area contributed by atoms with Gasteiger partial charge in [-0.05, 0) is 28.9 Å². The summed E-state index contributed by atoms with van der Waals surface area (Å²) in [4.78, 5) is 16.0. The van der Waals surface area contributed by atoms with Crippen LogP contribution in [-0.2, 0) is 13.6 Å². The van der Waals surface area contributed by atoms with Crippen molar-refractivity contribution >= 4 is 27.8 Å². The molecule has 0 bridgehead atoms. The van der Waals surface area contributed by atoms with Crippen molar-refractivity contribution in [2.45, 2.75) is 13.5 Å². The van der Waals surface area contributed by atoms with Crippen molar-refractivity contribution in [1.82, 2.24) is 19.3 Å². The standard InChI is InChI=1S/C10H12BrN5O/c1-3-16-5-7(11)4-8(16)9(17)14-10-12-6-13-15(10)2/h4-6H,3H2,1-2H3,(H,12,13,14,17). The molecule has 0 unspecified atom stereocenters. The molecule has 0 radical (unpaired) electrons. The van der Waals surface area contributed by atoms with Crippen LogP contribution in [0.4, 0.5) is 5.95 Å². The van der Waals surface area contributed by atoms with Crippen molar-refractivity contribution in [3.05, 3.63) is 28.8 Å². The van der Waals surface area contributed by atoms with Crippen molar-refractivity contribution in [3.63, 3.8) is 0 Å². The van der Waals surface area contributed by atoms with Gasteiger partial charge in [-0.1, -0.05) is 0 Å². The Morgan fingerprint density at radius 1 is 1.59 bits per heavy atom. The summed E-state index contributed by atoms with van der Waals surface area (Å²) in [6, 6.07) is 1.77. The summed E-state index contributed by atoms with van der Waals surface area (Å²) >= 11 is 3.35. The molecule has 0 saturated heterocycles. The van der Waals surface area contributed by atoms with Crippen LogP contribution in [0.15, 0.2) is 23.1 Å². The normalized spacial score (nSPS) is 10.5. The molecular formula is C10H12BrN5O. The Balaban J connectivity index is 2.23. The first-order chi connectivity index (χ1) is 8.11. The molecule has 0 atom stereocenters. The number of aromatic nitrogens is 4. The smallest absolute Gasteiger partial charge is 0.274 e. The van der Waals surface area contributed by atoms with Gasteiger partial charge in [0.2, 0.25) is 5.95 Å². The lowest BCUT2D eigenvalue weighted by molar-refractivity contribution is 0.101. The molecule has 0 aliphatic heterocycles. The van der Waals surface area contributed by atoms with Crippen LogP contribution in [0.2, 0.25) is 0 Å². The van der Waals surface area contributed by atoms with Crippen molar-refractivity contribution in [3.8, 4) is 0 Å². The fraction of sp³-hybridized carbons (Fsp3) is 0.300. The minimum atomic E-state index is -0.200. The number of amides is 1. The monoisotopic (exact) mass is 297 g/mol. The van der Waals surface area contributed by atoms with Gasteiger partial charge >= 0.3 is 0 Å². The van der Waals surface area contributed by atoms with Crippen LogP contribution < -0.4 is 5.32 Å². The Bertz CT molecular complexity index is 545. The minimum Gasteiger partial charge on any atom is -0.343 e. The quantitative estimate of drug-likeness (QED) is 0.937. The van der Waals surface area contributed by atoms with E-state index < -0.39 is 0 Å². The fourth-order valence-electron chi connectivity index (χ4n) is 1.50. The average Bonchev–Trinajstić information content (AvgIpc) is 2.85. The Morgan fingerprint density at radius 3 is 2.94 bits per heavy atom. The van der Waals surface area contributed by atoms with Gasteiger partial charge in [-0.15, -0.1) is 0 Å². The highest BCUT2D eigenvalue weighted by atomic mass is 79.9. The zero-order chi connectivity index (χ0) is 12.4. The van der Waals surface area contributed by atoms with Crippen LogP contribution in [0, 0.1) is 0 Å². The first-order valence-corrected chi connectivity index (χ1v) is 5.92. The summed E-state index contributed by atoms with van der Waals surface area (Å²) in [5.74, 6) is 0.226. The van der Waals surface area contributed by atoms with E-state index in [1.807, 2.05) is 17.7 Å². The molecular weight excluding hydrogens is 286 g/mol. The average molecular weight is 298 g/mol. The third-order valence-corrected chi connectivity index (χ3v) is 2.81. The van der Waals surface area contributed by atoms with Crippen LogP contribution in [0.25, 0.3) is 0 Å². The Kier molecular flexibility index (Phi) is 3.28. The van der Waals surface area contributed by atoms with Gasteiger partial charge in [0.1, 0.15) is 12.0 Å². The highest BCUT2D eigenvalue weighted by molar-refractivity contribution is 9.10. The van der Waals surface area contributed by atoms with E-state index in [1.54, 1.807) is 13.1 Å². The molecule has 17 heavy (non-hydrogen) atoms. The number of rotatable bonds is 3. The number of aryl methyl sites for hydroxylation is 2. The molecule has 2 heterocycles. The number of carbonyl (C=O) groups excluding carboxylic acids is 1. The van der Waals surface area contributed by atoms with Gasteiger partial charge in [0, 0.05) is 24.3 Å². The summed E-state index contributed by atoms with van der Waals surface area (Å²) in [6.45, 7) is 2.71. The second-order valence-electron chi connectivity index (χ2n) is 3.49. The first kappa shape index (κ1) is 11.8. The van der Waals surface area contributed by atoms with Crippen LogP contribution in [0.3, 0.4) is 0 Å². The zero-order valence-electron chi connectivity index (χ0n) is 9.51. The largest absolute Gasteiger partial charge is 0.343 e. The van der Waals surface area contributed by atoms with Crippen molar-refractivity contribution in [1.29, 1.82) is 0 Å². The van der Waals surface area contributed by atoms with Gasteiger partial charge in [-0.3, -0.25) is 10.1 Å². The van der Waals surface area contributed by atoms with E-state index in [0.717, 1.165) is 11.0 Å². The van der Waals surface area contributed by atoms with E-state index in [9.17, 15) is 4.79 Å². The number of nitrogens with one attached hydrogen (secondary N) is 1. The second kappa shape index (κ2) is 4.70. The van der Waals surface area contributed by atoms with Crippen LogP contribution in [0.5, 0.6) is 0 Å². The summed E-state index contributed by atoms with van der Waals surface area (Å²) in [6.07, 6.45) is 3.26. The third-order valence-electron chi connectivity index (χ3n) is 2.37. The number of hydrogen-bond donors (Lipinski definition) is 1. The molecule has 0 saturated carbocycles. The summed E-state index contributed by atoms with van der Waals surface area (Å²) in [5.41, 5.74) is 0.586. The molecule has 0 aliphatic carbocycles. The lowest BCUT2D eigenvalue weighted by Gasteiger charge is -2.06. The van der Waals surface area contributed by atoms with E-state index in [1.165, 1.54) is 11.0 Å². The number of anilines is 1. The molecule has 2 aromatic rings. The number of nitrogens with zero attached hydrogens (tertiary/aromatic N) is 4. The van der Waals surface area contributed by atoms with E-state index >= 15 is 0 Å². The van der Waals surface area contributed by atoms with Gasteiger partial charge in [0.25, 0.3) is 5.91 Å². The van der Waals surface area contributed by atoms with E-state index in [0.29, 0.717) is 11.6 Å². The first-order valence-electron chi connectivity index (χ1n) is 5.13.